The van der Waals surface area contributed by atoms with Gasteiger partial charge in [-0.3, -0.25) is 0 Å². The smallest absolute Gasteiger partial charge is 0.118 e. The Balaban J connectivity index is 1.79. The highest BCUT2D eigenvalue weighted by molar-refractivity contribution is 5.29. The molecule has 0 saturated heterocycles. The highest BCUT2D eigenvalue weighted by Gasteiger charge is 2.09. The van der Waals surface area contributed by atoms with E-state index in [1.165, 1.54) is 5.56 Å². The van der Waals surface area contributed by atoms with E-state index < -0.39 is 6.10 Å². The molecule has 0 heterocycles. The molecular formula is C18H23NO2. The summed E-state index contributed by atoms with van der Waals surface area (Å²) in [6.45, 7) is 3.56. The standard InChI is InChI=1S/C18H23NO2/c1-14(15-8-10-17(21-2)11-9-15)12-19-13-18(20)16-6-4-3-5-7-16/h3-11,14,18-20H,12-13H2,1-2H3. The molecule has 0 radical (unpaired) electrons. The molecule has 2 unspecified atom stereocenters. The monoisotopic (exact) mass is 285 g/mol. The minimum absolute atomic E-state index is 0.388. The SMILES string of the molecule is COc1ccc(C(C)CNCC(O)c2ccccc2)cc1. The van der Waals surface area contributed by atoms with Crippen LogP contribution in [0.4, 0.5) is 0 Å². The Labute approximate surface area is 126 Å². The topological polar surface area (TPSA) is 41.5 Å². The van der Waals surface area contributed by atoms with Gasteiger partial charge < -0.3 is 15.2 Å². The molecule has 112 valence electrons. The van der Waals surface area contributed by atoms with Crippen molar-refractivity contribution in [3.63, 3.8) is 0 Å². The minimum atomic E-state index is -0.464. The minimum Gasteiger partial charge on any atom is -0.497 e. The van der Waals surface area contributed by atoms with Crippen LogP contribution in [-0.2, 0) is 0 Å². The number of hydrogen-bond donors (Lipinski definition) is 2. The maximum Gasteiger partial charge on any atom is 0.118 e. The first-order chi connectivity index (χ1) is 10.2. The van der Waals surface area contributed by atoms with E-state index in [1.807, 2.05) is 42.5 Å². The van der Waals surface area contributed by atoms with E-state index in [1.54, 1.807) is 7.11 Å². The molecule has 0 spiro atoms. The highest BCUT2D eigenvalue weighted by Crippen LogP contribution is 2.18. The van der Waals surface area contributed by atoms with Crippen molar-refractivity contribution in [1.82, 2.24) is 5.32 Å². The summed E-state index contributed by atoms with van der Waals surface area (Å²) in [6.07, 6.45) is -0.464. The summed E-state index contributed by atoms with van der Waals surface area (Å²) >= 11 is 0. The lowest BCUT2D eigenvalue weighted by molar-refractivity contribution is 0.174. The number of benzene rings is 2. The molecule has 2 atom stereocenters. The Hall–Kier alpha value is -1.84. The zero-order valence-electron chi connectivity index (χ0n) is 12.6. The van der Waals surface area contributed by atoms with Crippen molar-refractivity contribution < 1.29 is 9.84 Å². The summed E-state index contributed by atoms with van der Waals surface area (Å²) < 4.78 is 5.16. The predicted octanol–water partition coefficient (Wildman–Crippen LogP) is 3.12. The molecule has 0 aliphatic heterocycles. The lowest BCUT2D eigenvalue weighted by atomic mass is 10.0. The van der Waals surface area contributed by atoms with Crippen LogP contribution in [0.5, 0.6) is 5.75 Å². The maximum atomic E-state index is 10.1. The van der Waals surface area contributed by atoms with Crippen LogP contribution >= 0.6 is 0 Å². The molecule has 0 aliphatic rings. The van der Waals surface area contributed by atoms with Gasteiger partial charge in [0, 0.05) is 13.1 Å². The summed E-state index contributed by atoms with van der Waals surface area (Å²) in [7, 11) is 1.67. The lowest BCUT2D eigenvalue weighted by Crippen LogP contribution is -2.25. The largest absolute Gasteiger partial charge is 0.497 e. The van der Waals surface area contributed by atoms with Gasteiger partial charge in [-0.1, -0.05) is 49.4 Å². The van der Waals surface area contributed by atoms with Gasteiger partial charge in [0.1, 0.15) is 5.75 Å². The quantitative estimate of drug-likeness (QED) is 0.821. The zero-order chi connectivity index (χ0) is 15.1. The van der Waals surface area contributed by atoms with E-state index in [2.05, 4.69) is 24.4 Å². The van der Waals surface area contributed by atoms with Crippen LogP contribution in [0.1, 0.15) is 30.1 Å². The Morgan fingerprint density at radius 1 is 0.952 bits per heavy atom. The molecule has 0 saturated carbocycles. The Morgan fingerprint density at radius 3 is 2.24 bits per heavy atom. The summed E-state index contributed by atoms with van der Waals surface area (Å²) in [5.41, 5.74) is 2.21. The molecule has 3 nitrogen and oxygen atoms in total. The average molecular weight is 285 g/mol. The third-order valence-corrected chi connectivity index (χ3v) is 3.66. The fraction of sp³-hybridized carbons (Fsp3) is 0.333. The van der Waals surface area contributed by atoms with Gasteiger partial charge in [-0.15, -0.1) is 0 Å². The normalized spacial score (nSPS) is 13.7. The van der Waals surface area contributed by atoms with Crippen LogP contribution in [0.15, 0.2) is 54.6 Å². The summed E-state index contributed by atoms with van der Waals surface area (Å²) in [6, 6.07) is 17.8. The van der Waals surface area contributed by atoms with Crippen molar-refractivity contribution in [1.29, 1.82) is 0 Å². The number of methoxy groups -OCH3 is 1. The first-order valence-electron chi connectivity index (χ1n) is 7.28. The molecule has 0 bridgehead atoms. The third-order valence-electron chi connectivity index (χ3n) is 3.66. The van der Waals surface area contributed by atoms with Crippen molar-refractivity contribution in [3.05, 3.63) is 65.7 Å². The molecule has 2 aromatic rings. The fourth-order valence-electron chi connectivity index (χ4n) is 2.28. The Morgan fingerprint density at radius 2 is 1.62 bits per heavy atom. The molecule has 0 fully saturated rings. The summed E-state index contributed by atoms with van der Waals surface area (Å²) in [5.74, 6) is 1.26. The third kappa shape index (κ3) is 4.59. The first kappa shape index (κ1) is 15.5. The second kappa shape index (κ2) is 7.81. The highest BCUT2D eigenvalue weighted by atomic mass is 16.5. The number of hydrogen-bond acceptors (Lipinski definition) is 3. The van der Waals surface area contributed by atoms with E-state index >= 15 is 0 Å². The van der Waals surface area contributed by atoms with Gasteiger partial charge in [0.2, 0.25) is 0 Å². The van der Waals surface area contributed by atoms with Gasteiger partial charge in [0.15, 0.2) is 0 Å². The molecule has 0 aliphatic carbocycles. The van der Waals surface area contributed by atoms with Crippen LogP contribution in [0, 0.1) is 0 Å². The van der Waals surface area contributed by atoms with Gasteiger partial charge in [0.05, 0.1) is 13.2 Å². The van der Waals surface area contributed by atoms with Crippen LogP contribution in [0.25, 0.3) is 0 Å². The van der Waals surface area contributed by atoms with Crippen LogP contribution in [0.3, 0.4) is 0 Å². The number of rotatable bonds is 7. The molecule has 0 aromatic heterocycles. The molecular weight excluding hydrogens is 262 g/mol. The van der Waals surface area contributed by atoms with E-state index in [-0.39, 0.29) is 0 Å². The van der Waals surface area contributed by atoms with Crippen LogP contribution in [0.2, 0.25) is 0 Å². The molecule has 0 amide bonds. The van der Waals surface area contributed by atoms with Gasteiger partial charge in [-0.05, 0) is 29.2 Å². The number of aliphatic hydroxyl groups excluding tert-OH is 1. The van der Waals surface area contributed by atoms with Crippen LogP contribution in [-0.4, -0.2) is 25.3 Å². The Bertz CT molecular complexity index is 525. The second-order valence-electron chi connectivity index (χ2n) is 5.26. The van der Waals surface area contributed by atoms with Crippen molar-refractivity contribution in [2.45, 2.75) is 18.9 Å². The van der Waals surface area contributed by atoms with Crippen molar-refractivity contribution in [3.8, 4) is 5.75 Å². The second-order valence-corrected chi connectivity index (χ2v) is 5.26. The van der Waals surface area contributed by atoms with E-state index in [0.29, 0.717) is 12.5 Å². The maximum absolute atomic E-state index is 10.1. The number of ether oxygens (including phenoxy) is 1. The molecule has 2 rings (SSSR count). The van der Waals surface area contributed by atoms with Gasteiger partial charge in [0.25, 0.3) is 0 Å². The zero-order valence-corrected chi connectivity index (χ0v) is 12.6. The molecule has 3 heteroatoms. The molecule has 21 heavy (non-hydrogen) atoms. The number of nitrogens with one attached hydrogen (secondary N) is 1. The summed E-state index contributed by atoms with van der Waals surface area (Å²) in [5, 5.41) is 13.4. The van der Waals surface area contributed by atoms with Crippen molar-refractivity contribution >= 4 is 0 Å². The van der Waals surface area contributed by atoms with Gasteiger partial charge in [-0.25, -0.2) is 0 Å². The van der Waals surface area contributed by atoms with Crippen molar-refractivity contribution in [2.75, 3.05) is 20.2 Å². The number of aliphatic hydroxyl groups is 1. The van der Waals surface area contributed by atoms with E-state index in [4.69, 9.17) is 4.74 Å². The predicted molar refractivity (Wildman–Crippen MR) is 85.7 cm³/mol. The molecule has 2 N–H and O–H groups in total. The average Bonchev–Trinajstić information content (AvgIpc) is 2.55. The lowest BCUT2D eigenvalue weighted by Gasteiger charge is -2.16. The van der Waals surface area contributed by atoms with Gasteiger partial charge in [-0.2, -0.15) is 0 Å². The Kier molecular flexibility index (Phi) is 5.78. The first-order valence-corrected chi connectivity index (χ1v) is 7.28. The fourth-order valence-corrected chi connectivity index (χ4v) is 2.28. The van der Waals surface area contributed by atoms with Gasteiger partial charge >= 0.3 is 0 Å². The van der Waals surface area contributed by atoms with E-state index in [0.717, 1.165) is 17.9 Å². The van der Waals surface area contributed by atoms with Crippen molar-refractivity contribution in [2.24, 2.45) is 0 Å². The summed E-state index contributed by atoms with van der Waals surface area (Å²) in [4.78, 5) is 0. The van der Waals surface area contributed by atoms with E-state index in [9.17, 15) is 5.11 Å². The molecule has 2 aromatic carbocycles. The van der Waals surface area contributed by atoms with Crippen LogP contribution < -0.4 is 10.1 Å².